The third-order valence-electron chi connectivity index (χ3n) is 6.35. The van der Waals surface area contributed by atoms with Gasteiger partial charge < -0.3 is 15.0 Å². The van der Waals surface area contributed by atoms with Gasteiger partial charge in [-0.05, 0) is 49.2 Å². The Bertz CT molecular complexity index is 1180. The zero-order valence-electron chi connectivity index (χ0n) is 21.0. The molecule has 2 heterocycles. The summed E-state index contributed by atoms with van der Waals surface area (Å²) in [4.78, 5) is 27.5. The van der Waals surface area contributed by atoms with E-state index in [4.69, 9.17) is 4.74 Å². The van der Waals surface area contributed by atoms with Crippen molar-refractivity contribution in [2.75, 3.05) is 25.0 Å². The maximum Gasteiger partial charge on any atom is 0.228 e. The van der Waals surface area contributed by atoms with Gasteiger partial charge in [0.2, 0.25) is 11.8 Å². The number of nitrogens with one attached hydrogen (secondary N) is 1. The number of hydrogen-bond donors (Lipinski definition) is 1. The van der Waals surface area contributed by atoms with E-state index in [2.05, 4.69) is 10.4 Å². The molecule has 7 nitrogen and oxygen atoms in total. The molecule has 1 saturated heterocycles. The van der Waals surface area contributed by atoms with Crippen molar-refractivity contribution in [1.29, 1.82) is 0 Å². The number of aromatic nitrogens is 2. The number of ether oxygens (including phenoxy) is 1. The fraction of sp³-hybridized carbons (Fsp3) is 0.393. The Kier molecular flexibility index (Phi) is 7.72. The maximum atomic E-state index is 13.5. The van der Waals surface area contributed by atoms with Crippen LogP contribution in [0, 0.1) is 11.7 Å². The lowest BCUT2D eigenvalue weighted by Crippen LogP contribution is -2.42. The van der Waals surface area contributed by atoms with Gasteiger partial charge in [-0.2, -0.15) is 5.10 Å². The molecule has 1 fully saturated rings. The van der Waals surface area contributed by atoms with Gasteiger partial charge in [-0.25, -0.2) is 9.07 Å². The molecule has 8 heteroatoms. The number of rotatable bonds is 7. The Morgan fingerprint density at radius 3 is 2.36 bits per heavy atom. The smallest absolute Gasteiger partial charge is 0.228 e. The van der Waals surface area contributed by atoms with E-state index < -0.39 is 0 Å². The molecule has 2 amide bonds. The average Bonchev–Trinajstić information content (AvgIpc) is 3.29. The van der Waals surface area contributed by atoms with Crippen molar-refractivity contribution in [1.82, 2.24) is 14.7 Å². The fourth-order valence-electron chi connectivity index (χ4n) is 4.17. The van der Waals surface area contributed by atoms with Gasteiger partial charge in [0, 0.05) is 30.5 Å². The molecular weight excluding hydrogens is 459 g/mol. The van der Waals surface area contributed by atoms with Crippen molar-refractivity contribution in [2.45, 2.75) is 45.4 Å². The van der Waals surface area contributed by atoms with Crippen LogP contribution in [0.2, 0.25) is 0 Å². The molecule has 1 aliphatic heterocycles. The van der Waals surface area contributed by atoms with Crippen LogP contribution in [-0.4, -0.2) is 46.2 Å². The lowest BCUT2D eigenvalue weighted by atomic mass is 9.92. The van der Waals surface area contributed by atoms with Crippen molar-refractivity contribution >= 4 is 17.6 Å². The minimum absolute atomic E-state index is 0.0361. The lowest BCUT2D eigenvalue weighted by molar-refractivity contribution is -0.135. The molecule has 0 radical (unpaired) electrons. The predicted molar refractivity (Wildman–Crippen MR) is 137 cm³/mol. The number of benzene rings is 2. The molecule has 190 valence electrons. The molecule has 0 aliphatic carbocycles. The second kappa shape index (κ2) is 10.9. The van der Waals surface area contributed by atoms with Crippen molar-refractivity contribution in [3.63, 3.8) is 0 Å². The van der Waals surface area contributed by atoms with Crippen molar-refractivity contribution < 1.29 is 18.7 Å². The first-order valence-corrected chi connectivity index (χ1v) is 12.3. The Hall–Kier alpha value is -3.68. The van der Waals surface area contributed by atoms with Crippen LogP contribution in [-0.2, 0) is 15.0 Å². The molecule has 1 aliphatic rings. The summed E-state index contributed by atoms with van der Waals surface area (Å²) >= 11 is 0. The van der Waals surface area contributed by atoms with Gasteiger partial charge in [0.15, 0.2) is 0 Å². The van der Waals surface area contributed by atoms with Gasteiger partial charge in [0.05, 0.1) is 24.4 Å². The summed E-state index contributed by atoms with van der Waals surface area (Å²) in [5.41, 5.74) is 1.27. The first-order valence-electron chi connectivity index (χ1n) is 12.3. The lowest BCUT2D eigenvalue weighted by Gasteiger charge is -2.31. The van der Waals surface area contributed by atoms with Crippen LogP contribution in [0.1, 0.15) is 45.7 Å². The second-order valence-electron chi connectivity index (χ2n) is 10.1. The fourth-order valence-corrected chi connectivity index (χ4v) is 4.17. The molecule has 1 aromatic heterocycles. The highest BCUT2D eigenvalue weighted by Gasteiger charge is 2.29. The molecule has 0 spiro atoms. The molecule has 0 saturated carbocycles. The number of nitrogens with zero attached hydrogens (tertiary/aromatic N) is 3. The van der Waals surface area contributed by atoms with Gasteiger partial charge in [-0.1, -0.05) is 39.0 Å². The van der Waals surface area contributed by atoms with Crippen LogP contribution in [0.3, 0.4) is 0 Å². The molecule has 1 N–H and O–H groups in total. The third kappa shape index (κ3) is 6.30. The topological polar surface area (TPSA) is 76.5 Å². The van der Waals surface area contributed by atoms with E-state index in [1.54, 1.807) is 21.7 Å². The van der Waals surface area contributed by atoms with Crippen molar-refractivity contribution in [2.24, 2.45) is 5.92 Å². The van der Waals surface area contributed by atoms with Crippen LogP contribution in [0.5, 0.6) is 5.75 Å². The number of hydrogen-bond acceptors (Lipinski definition) is 4. The van der Waals surface area contributed by atoms with E-state index in [1.807, 2.05) is 57.2 Å². The normalized spacial score (nSPS) is 14.5. The number of anilines is 1. The van der Waals surface area contributed by atoms with Gasteiger partial charge in [0.25, 0.3) is 0 Å². The molecular formula is C28H33FN4O3. The molecule has 0 unspecified atom stereocenters. The van der Waals surface area contributed by atoms with Crippen LogP contribution in [0.4, 0.5) is 10.2 Å². The van der Waals surface area contributed by atoms with E-state index in [-0.39, 0.29) is 29.0 Å². The number of likely N-dealkylation sites (tertiary alicyclic amines) is 1. The molecule has 3 aromatic rings. The number of carbonyl (C=O) groups excluding carboxylic acids is 2. The van der Waals surface area contributed by atoms with Gasteiger partial charge in [-0.15, -0.1) is 0 Å². The molecule has 2 aromatic carbocycles. The zero-order chi connectivity index (χ0) is 25.7. The number of piperidine rings is 1. The first kappa shape index (κ1) is 25.4. The first-order chi connectivity index (χ1) is 17.2. The van der Waals surface area contributed by atoms with E-state index in [0.29, 0.717) is 50.5 Å². The Balaban J connectivity index is 1.34. The second-order valence-corrected chi connectivity index (χ2v) is 10.1. The molecule has 4 rings (SSSR count). The van der Waals surface area contributed by atoms with Crippen molar-refractivity contribution in [3.8, 4) is 11.4 Å². The standard InChI is InChI=1S/C28H33FN4O3/c1-28(2,3)24-19-25(33(31-24)22-11-9-21(29)10-12-22)30-27(35)20-13-16-32(17-14-20)26(34)15-18-36-23-7-5-4-6-8-23/h4-12,19-20H,13-18H2,1-3H3,(H,30,35). The highest BCUT2D eigenvalue weighted by atomic mass is 19.1. The summed E-state index contributed by atoms with van der Waals surface area (Å²) in [6, 6.07) is 17.3. The summed E-state index contributed by atoms with van der Waals surface area (Å²) in [6.45, 7) is 7.54. The SMILES string of the molecule is CC(C)(C)c1cc(NC(=O)C2CCN(C(=O)CCOc3ccccc3)CC2)n(-c2ccc(F)cc2)n1. The third-order valence-corrected chi connectivity index (χ3v) is 6.35. The number of halogens is 1. The van der Waals surface area contributed by atoms with E-state index in [0.717, 1.165) is 11.4 Å². The van der Waals surface area contributed by atoms with Crippen molar-refractivity contribution in [3.05, 3.63) is 72.2 Å². The zero-order valence-corrected chi connectivity index (χ0v) is 21.0. The van der Waals surface area contributed by atoms with Gasteiger partial charge in [0.1, 0.15) is 17.4 Å². The molecule has 36 heavy (non-hydrogen) atoms. The molecule has 0 atom stereocenters. The minimum atomic E-state index is -0.333. The van der Waals surface area contributed by atoms with E-state index in [1.165, 1.54) is 12.1 Å². The van der Waals surface area contributed by atoms with E-state index >= 15 is 0 Å². The summed E-state index contributed by atoms with van der Waals surface area (Å²) < 4.78 is 20.7. The summed E-state index contributed by atoms with van der Waals surface area (Å²) in [5, 5.41) is 7.71. The van der Waals surface area contributed by atoms with Crippen LogP contribution < -0.4 is 10.1 Å². The highest BCUT2D eigenvalue weighted by molar-refractivity contribution is 5.92. The average molecular weight is 493 g/mol. The van der Waals surface area contributed by atoms with Gasteiger partial charge >= 0.3 is 0 Å². The summed E-state index contributed by atoms with van der Waals surface area (Å²) in [5.74, 6) is 0.695. The number of carbonyl (C=O) groups is 2. The van der Waals surface area contributed by atoms with Crippen LogP contribution >= 0.6 is 0 Å². The maximum absolute atomic E-state index is 13.5. The Morgan fingerprint density at radius 2 is 1.72 bits per heavy atom. The Labute approximate surface area is 211 Å². The number of para-hydroxylation sites is 1. The molecule has 0 bridgehead atoms. The Morgan fingerprint density at radius 1 is 1.06 bits per heavy atom. The van der Waals surface area contributed by atoms with Crippen LogP contribution in [0.25, 0.3) is 5.69 Å². The van der Waals surface area contributed by atoms with Gasteiger partial charge in [-0.3, -0.25) is 9.59 Å². The quantitative estimate of drug-likeness (QED) is 0.506. The largest absolute Gasteiger partial charge is 0.493 e. The summed E-state index contributed by atoms with van der Waals surface area (Å²) in [7, 11) is 0. The van der Waals surface area contributed by atoms with E-state index in [9.17, 15) is 14.0 Å². The number of amides is 2. The monoisotopic (exact) mass is 492 g/mol. The predicted octanol–water partition coefficient (Wildman–Crippen LogP) is 4.96. The minimum Gasteiger partial charge on any atom is -0.493 e. The van der Waals surface area contributed by atoms with Crippen LogP contribution in [0.15, 0.2) is 60.7 Å². The highest BCUT2D eigenvalue weighted by Crippen LogP contribution is 2.28. The summed E-state index contributed by atoms with van der Waals surface area (Å²) in [6.07, 6.45) is 1.49.